The minimum Gasteiger partial charge on any atom is -0.454 e. The molecule has 0 saturated heterocycles. The summed E-state index contributed by atoms with van der Waals surface area (Å²) < 4.78 is 10.8. The van der Waals surface area contributed by atoms with Crippen molar-refractivity contribution < 1.29 is 9.47 Å². The third kappa shape index (κ3) is 2.02. The number of pyridine rings is 1. The third-order valence-corrected chi connectivity index (χ3v) is 2.74. The molecule has 0 unspecified atom stereocenters. The van der Waals surface area contributed by atoms with E-state index >= 15 is 0 Å². The van der Waals surface area contributed by atoms with E-state index in [1.807, 2.05) is 24.3 Å². The molecular weight excluding hydrogens is 230 g/mol. The molecule has 1 aliphatic rings. The fourth-order valence-corrected chi connectivity index (χ4v) is 1.89. The van der Waals surface area contributed by atoms with Crippen LogP contribution in [0.4, 0.5) is 11.5 Å². The molecule has 1 aromatic heterocycles. The highest BCUT2D eigenvalue weighted by atomic mass is 16.7. The van der Waals surface area contributed by atoms with Crippen LogP contribution in [0, 0.1) is 0 Å². The van der Waals surface area contributed by atoms with Gasteiger partial charge in [0.2, 0.25) is 6.79 Å². The largest absolute Gasteiger partial charge is 0.454 e. The van der Waals surface area contributed by atoms with Crippen LogP contribution >= 0.6 is 0 Å². The second kappa shape index (κ2) is 4.44. The van der Waals surface area contributed by atoms with E-state index < -0.39 is 0 Å². The van der Waals surface area contributed by atoms with Crippen molar-refractivity contribution in [1.29, 1.82) is 0 Å². The fraction of sp³-hybridized carbons (Fsp3) is 0.154. The number of aromatic nitrogens is 1. The predicted octanol–water partition coefficient (Wildman–Crippen LogP) is 2.00. The highest BCUT2D eigenvalue weighted by Crippen LogP contribution is 2.35. The Morgan fingerprint density at radius 3 is 3.11 bits per heavy atom. The second-order valence-corrected chi connectivity index (χ2v) is 3.97. The number of benzene rings is 1. The molecule has 2 aromatic rings. The Morgan fingerprint density at radius 1 is 1.28 bits per heavy atom. The number of ether oxygens (including phenoxy) is 2. The molecule has 5 heteroatoms. The zero-order valence-corrected chi connectivity index (χ0v) is 9.72. The Kier molecular flexibility index (Phi) is 2.64. The Balaban J connectivity index is 1.76. The molecule has 1 aromatic carbocycles. The van der Waals surface area contributed by atoms with Gasteiger partial charge in [-0.3, -0.25) is 0 Å². The molecule has 3 N–H and O–H groups in total. The van der Waals surface area contributed by atoms with Gasteiger partial charge in [0.05, 0.1) is 0 Å². The molecule has 0 aliphatic carbocycles. The first-order valence-corrected chi connectivity index (χ1v) is 5.66. The van der Waals surface area contributed by atoms with E-state index in [1.54, 1.807) is 12.3 Å². The number of nitrogens with zero attached hydrogens (tertiary/aromatic N) is 1. The Labute approximate surface area is 105 Å². The van der Waals surface area contributed by atoms with Crippen LogP contribution in [-0.4, -0.2) is 11.8 Å². The first-order chi connectivity index (χ1) is 8.83. The minimum absolute atomic E-state index is 0.286. The van der Waals surface area contributed by atoms with Gasteiger partial charge < -0.3 is 20.5 Å². The molecule has 2 heterocycles. The smallest absolute Gasteiger partial charge is 0.231 e. The molecule has 0 spiro atoms. The third-order valence-electron chi connectivity index (χ3n) is 2.74. The van der Waals surface area contributed by atoms with E-state index in [0.29, 0.717) is 12.4 Å². The number of nitrogens with one attached hydrogen (secondary N) is 1. The minimum atomic E-state index is 0.286. The van der Waals surface area contributed by atoms with Crippen LogP contribution in [0.3, 0.4) is 0 Å². The Bertz CT molecular complexity index is 572. The van der Waals surface area contributed by atoms with E-state index in [-0.39, 0.29) is 6.79 Å². The molecule has 0 radical (unpaired) electrons. The van der Waals surface area contributed by atoms with Gasteiger partial charge in [-0.25, -0.2) is 4.98 Å². The monoisotopic (exact) mass is 243 g/mol. The summed E-state index contributed by atoms with van der Waals surface area (Å²) in [5, 5.41) is 3.28. The van der Waals surface area contributed by atoms with Crippen molar-refractivity contribution in [1.82, 2.24) is 4.98 Å². The lowest BCUT2D eigenvalue weighted by atomic mass is 10.2. The summed E-state index contributed by atoms with van der Waals surface area (Å²) >= 11 is 0. The zero-order chi connectivity index (χ0) is 12.4. The summed E-state index contributed by atoms with van der Waals surface area (Å²) in [5.41, 5.74) is 7.61. The second-order valence-electron chi connectivity index (χ2n) is 3.97. The molecule has 18 heavy (non-hydrogen) atoms. The van der Waals surface area contributed by atoms with Gasteiger partial charge in [0.25, 0.3) is 0 Å². The molecule has 5 nitrogen and oxygen atoms in total. The van der Waals surface area contributed by atoms with Crippen LogP contribution in [0.1, 0.15) is 5.56 Å². The number of anilines is 2. The number of nitrogen functional groups attached to an aromatic ring is 1. The van der Waals surface area contributed by atoms with Crippen molar-refractivity contribution in [2.24, 2.45) is 0 Å². The van der Waals surface area contributed by atoms with E-state index in [1.165, 1.54) is 0 Å². The van der Waals surface area contributed by atoms with Gasteiger partial charge in [0, 0.05) is 30.1 Å². The van der Waals surface area contributed by atoms with Gasteiger partial charge in [0.15, 0.2) is 11.5 Å². The molecule has 3 rings (SSSR count). The molecule has 1 aliphatic heterocycles. The first-order valence-electron chi connectivity index (χ1n) is 5.66. The van der Waals surface area contributed by atoms with Crippen LogP contribution in [0.2, 0.25) is 0 Å². The molecule has 0 atom stereocenters. The summed E-state index contributed by atoms with van der Waals surface area (Å²) in [6.45, 7) is 0.935. The van der Waals surface area contributed by atoms with Crippen molar-refractivity contribution in [3.63, 3.8) is 0 Å². The van der Waals surface area contributed by atoms with Gasteiger partial charge in [-0.05, 0) is 12.1 Å². The molecule has 0 amide bonds. The lowest BCUT2D eigenvalue weighted by Gasteiger charge is -2.09. The summed E-state index contributed by atoms with van der Waals surface area (Å²) in [5.74, 6) is 2.11. The fourth-order valence-electron chi connectivity index (χ4n) is 1.89. The average molecular weight is 243 g/mol. The SMILES string of the molecule is Nc1cc(NCc2cccc3c2OCO3)ccn1. The standard InChI is InChI=1S/C13H13N3O2/c14-12-6-10(4-5-15-12)16-7-9-2-1-3-11-13(9)18-8-17-11/h1-6H,7-8H2,(H3,14,15,16). The van der Waals surface area contributed by atoms with Crippen LogP contribution in [0.5, 0.6) is 11.5 Å². The molecule has 0 saturated carbocycles. The normalized spacial score (nSPS) is 12.4. The van der Waals surface area contributed by atoms with Crippen LogP contribution in [0.25, 0.3) is 0 Å². The Morgan fingerprint density at radius 2 is 2.22 bits per heavy atom. The van der Waals surface area contributed by atoms with Gasteiger partial charge >= 0.3 is 0 Å². The molecule has 92 valence electrons. The maximum absolute atomic E-state index is 5.62. The highest BCUT2D eigenvalue weighted by Gasteiger charge is 2.16. The van der Waals surface area contributed by atoms with Crippen molar-refractivity contribution >= 4 is 11.5 Å². The topological polar surface area (TPSA) is 69.4 Å². The first kappa shape index (κ1) is 10.7. The highest BCUT2D eigenvalue weighted by molar-refractivity contribution is 5.53. The van der Waals surface area contributed by atoms with Crippen molar-refractivity contribution in [2.75, 3.05) is 17.8 Å². The number of para-hydroxylation sites is 1. The lowest BCUT2D eigenvalue weighted by Crippen LogP contribution is -2.02. The summed E-state index contributed by atoms with van der Waals surface area (Å²) in [6, 6.07) is 9.52. The van der Waals surface area contributed by atoms with Crippen molar-refractivity contribution in [3.8, 4) is 11.5 Å². The number of rotatable bonds is 3. The maximum Gasteiger partial charge on any atom is 0.231 e. The van der Waals surface area contributed by atoms with Crippen molar-refractivity contribution in [2.45, 2.75) is 6.54 Å². The van der Waals surface area contributed by atoms with Crippen LogP contribution in [-0.2, 0) is 6.54 Å². The lowest BCUT2D eigenvalue weighted by molar-refractivity contribution is 0.173. The van der Waals surface area contributed by atoms with Crippen molar-refractivity contribution in [3.05, 3.63) is 42.1 Å². The quantitative estimate of drug-likeness (QED) is 0.863. The van der Waals surface area contributed by atoms with Crippen LogP contribution in [0.15, 0.2) is 36.5 Å². The zero-order valence-electron chi connectivity index (χ0n) is 9.72. The van der Waals surface area contributed by atoms with E-state index in [0.717, 1.165) is 22.7 Å². The van der Waals surface area contributed by atoms with Gasteiger partial charge in [-0.2, -0.15) is 0 Å². The molecule has 0 bridgehead atoms. The van der Waals surface area contributed by atoms with Gasteiger partial charge in [-0.1, -0.05) is 12.1 Å². The van der Waals surface area contributed by atoms with Crippen LogP contribution < -0.4 is 20.5 Å². The molecular formula is C13H13N3O2. The maximum atomic E-state index is 5.62. The number of nitrogens with two attached hydrogens (primary N) is 1. The van der Waals surface area contributed by atoms with Gasteiger partial charge in [-0.15, -0.1) is 0 Å². The predicted molar refractivity (Wildman–Crippen MR) is 68.5 cm³/mol. The number of fused-ring (bicyclic) bond motifs is 1. The summed E-state index contributed by atoms with van der Waals surface area (Å²) in [7, 11) is 0. The van der Waals surface area contributed by atoms with Gasteiger partial charge in [0.1, 0.15) is 5.82 Å². The number of hydrogen-bond acceptors (Lipinski definition) is 5. The Hall–Kier alpha value is -2.43. The summed E-state index contributed by atoms with van der Waals surface area (Å²) in [4.78, 5) is 3.95. The van der Waals surface area contributed by atoms with E-state index in [4.69, 9.17) is 15.2 Å². The molecule has 0 fully saturated rings. The summed E-state index contributed by atoms with van der Waals surface area (Å²) in [6.07, 6.45) is 1.67. The van der Waals surface area contributed by atoms with E-state index in [2.05, 4.69) is 10.3 Å². The average Bonchev–Trinajstić information content (AvgIpc) is 2.85. The number of hydrogen-bond donors (Lipinski definition) is 2. The van der Waals surface area contributed by atoms with E-state index in [9.17, 15) is 0 Å².